The smallest absolute Gasteiger partial charge is 0.253 e. The summed E-state index contributed by atoms with van der Waals surface area (Å²) in [5.74, 6) is 2.51. The van der Waals surface area contributed by atoms with Gasteiger partial charge in [0.05, 0.1) is 0 Å². The van der Waals surface area contributed by atoms with Crippen LogP contribution in [0.2, 0.25) is 0 Å². The first-order chi connectivity index (χ1) is 15.7. The van der Waals surface area contributed by atoms with E-state index in [1.54, 1.807) is 6.20 Å². The van der Waals surface area contributed by atoms with Crippen LogP contribution in [0, 0.1) is 6.92 Å². The lowest BCUT2D eigenvalue weighted by Crippen LogP contribution is -2.49. The number of benzene rings is 2. The van der Waals surface area contributed by atoms with Crippen LogP contribution in [0.3, 0.4) is 0 Å². The van der Waals surface area contributed by atoms with E-state index in [9.17, 15) is 4.79 Å². The molecule has 1 aliphatic rings. The van der Waals surface area contributed by atoms with Crippen LogP contribution in [0.25, 0.3) is 16.9 Å². The monoisotopic (exact) mass is 424 g/mol. The number of imidazole rings is 1. The minimum Gasteiger partial charge on any atom is -0.352 e. The molecule has 4 aromatic rings. The van der Waals surface area contributed by atoms with Crippen molar-refractivity contribution >= 4 is 11.7 Å². The molecule has 0 unspecified atom stereocenters. The predicted molar refractivity (Wildman–Crippen MR) is 124 cm³/mol. The Balaban J connectivity index is 1.21. The van der Waals surface area contributed by atoms with Crippen molar-refractivity contribution in [2.75, 3.05) is 31.1 Å². The van der Waals surface area contributed by atoms with Gasteiger partial charge in [-0.15, -0.1) is 10.2 Å². The molecule has 0 bridgehead atoms. The van der Waals surface area contributed by atoms with Crippen LogP contribution in [-0.4, -0.2) is 56.7 Å². The fourth-order valence-electron chi connectivity index (χ4n) is 3.99. The Morgan fingerprint density at radius 1 is 0.781 bits per heavy atom. The zero-order chi connectivity index (χ0) is 21.9. The highest BCUT2D eigenvalue weighted by molar-refractivity contribution is 5.94. The number of rotatable bonds is 4. The fraction of sp³-hybridized carbons (Fsp3) is 0.200. The number of hydrogen-bond donors (Lipinski definition) is 0. The van der Waals surface area contributed by atoms with Crippen molar-refractivity contribution in [3.05, 3.63) is 90.5 Å². The summed E-state index contributed by atoms with van der Waals surface area (Å²) in [5, 5.41) is 8.73. The van der Waals surface area contributed by atoms with Crippen molar-refractivity contribution in [2.24, 2.45) is 0 Å². The van der Waals surface area contributed by atoms with Gasteiger partial charge in [-0.05, 0) is 42.3 Å². The highest BCUT2D eigenvalue weighted by Crippen LogP contribution is 2.21. The zero-order valence-electron chi connectivity index (χ0n) is 17.9. The highest BCUT2D eigenvalue weighted by Gasteiger charge is 2.23. The van der Waals surface area contributed by atoms with Gasteiger partial charge in [-0.2, -0.15) is 0 Å². The summed E-state index contributed by atoms with van der Waals surface area (Å²) in [6.07, 6.45) is 3.62. The number of amides is 1. The molecule has 2 aromatic carbocycles. The number of nitrogens with zero attached hydrogens (tertiary/aromatic N) is 6. The van der Waals surface area contributed by atoms with Gasteiger partial charge < -0.3 is 9.80 Å². The van der Waals surface area contributed by atoms with Gasteiger partial charge in [0, 0.05) is 44.1 Å². The van der Waals surface area contributed by atoms with Gasteiger partial charge in [0.1, 0.15) is 5.82 Å². The van der Waals surface area contributed by atoms with Crippen molar-refractivity contribution < 1.29 is 4.79 Å². The van der Waals surface area contributed by atoms with Crippen molar-refractivity contribution in [1.82, 2.24) is 24.6 Å². The molecule has 3 heterocycles. The van der Waals surface area contributed by atoms with E-state index < -0.39 is 0 Å². The molecule has 160 valence electrons. The molecule has 1 aliphatic heterocycles. The lowest BCUT2D eigenvalue weighted by Gasteiger charge is -2.35. The molecule has 32 heavy (non-hydrogen) atoms. The first kappa shape index (κ1) is 19.9. The van der Waals surface area contributed by atoms with Crippen molar-refractivity contribution in [3.8, 4) is 16.9 Å². The van der Waals surface area contributed by atoms with E-state index in [4.69, 9.17) is 0 Å². The number of carbonyl (C=O) groups is 1. The van der Waals surface area contributed by atoms with Crippen molar-refractivity contribution in [2.45, 2.75) is 6.92 Å². The molecule has 1 amide bonds. The summed E-state index contributed by atoms with van der Waals surface area (Å²) < 4.78 is 1.90. The highest BCUT2D eigenvalue weighted by atomic mass is 16.2. The van der Waals surface area contributed by atoms with E-state index in [2.05, 4.69) is 32.2 Å². The molecule has 1 saturated heterocycles. The Morgan fingerprint density at radius 3 is 2.06 bits per heavy atom. The quantitative estimate of drug-likeness (QED) is 0.501. The average Bonchev–Trinajstić information content (AvgIpc) is 3.30. The van der Waals surface area contributed by atoms with Crippen LogP contribution in [-0.2, 0) is 0 Å². The molecule has 0 aliphatic carbocycles. The van der Waals surface area contributed by atoms with Crippen LogP contribution in [0.1, 0.15) is 16.2 Å². The number of anilines is 1. The number of carbonyl (C=O) groups excluding carboxylic acids is 1. The van der Waals surface area contributed by atoms with Gasteiger partial charge in [0.25, 0.3) is 5.91 Å². The zero-order valence-corrected chi connectivity index (χ0v) is 17.9. The van der Waals surface area contributed by atoms with Gasteiger partial charge in [-0.1, -0.05) is 42.5 Å². The molecule has 1 fully saturated rings. The largest absolute Gasteiger partial charge is 0.352 e. The van der Waals surface area contributed by atoms with Crippen LogP contribution in [0.4, 0.5) is 5.82 Å². The van der Waals surface area contributed by atoms with Crippen LogP contribution >= 0.6 is 0 Å². The van der Waals surface area contributed by atoms with Crippen molar-refractivity contribution in [3.63, 3.8) is 0 Å². The van der Waals surface area contributed by atoms with E-state index in [1.165, 1.54) is 0 Å². The summed E-state index contributed by atoms with van der Waals surface area (Å²) in [4.78, 5) is 21.3. The summed E-state index contributed by atoms with van der Waals surface area (Å²) >= 11 is 0. The Hall–Kier alpha value is -4.00. The second kappa shape index (κ2) is 8.63. The van der Waals surface area contributed by atoms with Gasteiger partial charge in [-0.25, -0.2) is 4.98 Å². The maximum Gasteiger partial charge on any atom is 0.253 e. The second-order valence-electron chi connectivity index (χ2n) is 7.82. The van der Waals surface area contributed by atoms with E-state index in [-0.39, 0.29) is 5.91 Å². The average molecular weight is 425 g/mol. The maximum absolute atomic E-state index is 13.0. The Bertz CT molecular complexity index is 1190. The molecule has 7 nitrogen and oxygen atoms in total. The Morgan fingerprint density at radius 2 is 1.44 bits per heavy atom. The van der Waals surface area contributed by atoms with Crippen molar-refractivity contribution in [1.29, 1.82) is 0 Å². The summed E-state index contributed by atoms with van der Waals surface area (Å²) in [6.45, 7) is 4.70. The first-order valence-corrected chi connectivity index (χ1v) is 10.7. The molecule has 2 aromatic heterocycles. The van der Waals surface area contributed by atoms with E-state index in [1.807, 2.05) is 77.2 Å². The molecule has 0 N–H and O–H groups in total. The summed E-state index contributed by atoms with van der Waals surface area (Å²) in [6, 6.07) is 22.0. The third-order valence-corrected chi connectivity index (χ3v) is 5.84. The number of aryl methyl sites for hydroxylation is 1. The molecular formula is C25H24N6O. The van der Waals surface area contributed by atoms with E-state index in [0.717, 1.165) is 47.2 Å². The number of aromatic nitrogens is 4. The minimum atomic E-state index is 0.0706. The SMILES string of the molecule is Cc1nccn1-c1ccc(N2CCN(C(=O)c3ccc(-c4ccccc4)cc3)CC2)nn1. The third kappa shape index (κ3) is 3.97. The maximum atomic E-state index is 13.0. The van der Waals surface area contributed by atoms with Crippen LogP contribution in [0.5, 0.6) is 0 Å². The van der Waals surface area contributed by atoms with E-state index in [0.29, 0.717) is 13.1 Å². The van der Waals surface area contributed by atoms with Gasteiger partial charge in [0.2, 0.25) is 0 Å². The first-order valence-electron chi connectivity index (χ1n) is 10.7. The van der Waals surface area contributed by atoms with Crippen LogP contribution in [0.15, 0.2) is 79.1 Å². The molecule has 0 spiro atoms. The summed E-state index contributed by atoms with van der Waals surface area (Å²) in [7, 11) is 0. The molecule has 0 saturated carbocycles. The number of hydrogen-bond acceptors (Lipinski definition) is 5. The van der Waals surface area contributed by atoms with Gasteiger partial charge in [0.15, 0.2) is 11.6 Å². The minimum absolute atomic E-state index is 0.0706. The molecule has 7 heteroatoms. The van der Waals surface area contributed by atoms with E-state index >= 15 is 0 Å². The van der Waals surface area contributed by atoms with Crippen LogP contribution < -0.4 is 4.90 Å². The standard InChI is InChI=1S/C25H24N6O/c1-19-26-13-14-31(19)24-12-11-23(27-28-24)29-15-17-30(18-16-29)25(32)22-9-7-21(8-10-22)20-5-3-2-4-6-20/h2-14H,15-18H2,1H3. The second-order valence-corrected chi connectivity index (χ2v) is 7.82. The predicted octanol–water partition coefficient (Wildman–Crippen LogP) is 3.60. The lowest BCUT2D eigenvalue weighted by atomic mass is 10.0. The summed E-state index contributed by atoms with van der Waals surface area (Å²) in [5.41, 5.74) is 2.98. The van der Waals surface area contributed by atoms with Gasteiger partial charge in [-0.3, -0.25) is 9.36 Å². The Kier molecular flexibility index (Phi) is 5.37. The normalized spacial score (nSPS) is 13.9. The topological polar surface area (TPSA) is 67.2 Å². The molecule has 0 radical (unpaired) electrons. The third-order valence-electron chi connectivity index (χ3n) is 5.84. The number of piperazine rings is 1. The molecule has 0 atom stereocenters. The Labute approximate surface area is 187 Å². The molecular weight excluding hydrogens is 400 g/mol. The fourth-order valence-corrected chi connectivity index (χ4v) is 3.99. The van der Waals surface area contributed by atoms with Gasteiger partial charge >= 0.3 is 0 Å². The molecule has 5 rings (SSSR count). The lowest BCUT2D eigenvalue weighted by molar-refractivity contribution is 0.0746.